The largest absolute Gasteiger partial charge is 0.350 e. The Morgan fingerprint density at radius 3 is 2.64 bits per heavy atom. The molecule has 2 aromatic rings. The van der Waals surface area contributed by atoms with E-state index in [-0.39, 0.29) is 0 Å². The predicted octanol–water partition coefficient (Wildman–Crippen LogP) is 2.80. The minimum absolute atomic E-state index is 0.503. The fraction of sp³-hybridized carbons (Fsp3) is 0.550. The number of pyridine rings is 1. The number of anilines is 1. The van der Waals surface area contributed by atoms with Gasteiger partial charge in [-0.25, -0.2) is 9.97 Å². The van der Waals surface area contributed by atoms with Gasteiger partial charge in [-0.1, -0.05) is 13.8 Å². The molecule has 5 nitrogen and oxygen atoms in total. The van der Waals surface area contributed by atoms with Gasteiger partial charge in [-0.2, -0.15) is 0 Å². The van der Waals surface area contributed by atoms with Gasteiger partial charge in [0.25, 0.3) is 0 Å². The van der Waals surface area contributed by atoms with Gasteiger partial charge in [0.05, 0.1) is 0 Å². The van der Waals surface area contributed by atoms with Crippen LogP contribution in [0.4, 0.5) is 5.82 Å². The van der Waals surface area contributed by atoms with Crippen LogP contribution in [0.1, 0.15) is 31.5 Å². The van der Waals surface area contributed by atoms with E-state index in [1.54, 1.807) is 0 Å². The van der Waals surface area contributed by atoms with Crippen molar-refractivity contribution in [2.45, 2.75) is 39.2 Å². The average molecular weight is 337 g/mol. The highest BCUT2D eigenvalue weighted by Gasteiger charge is 2.32. The third-order valence-corrected chi connectivity index (χ3v) is 5.51. The molecule has 1 atom stereocenters. The monoisotopic (exact) mass is 337 g/mol. The molecule has 0 spiro atoms. The van der Waals surface area contributed by atoms with Gasteiger partial charge in [0.15, 0.2) is 5.82 Å². The molecular weight excluding hydrogens is 310 g/mol. The minimum atomic E-state index is 0.503. The highest BCUT2D eigenvalue weighted by atomic mass is 15.3. The highest BCUT2D eigenvalue weighted by molar-refractivity contribution is 5.61. The van der Waals surface area contributed by atoms with Crippen LogP contribution in [0.15, 0.2) is 24.5 Å². The molecule has 3 heterocycles. The molecule has 0 N–H and O–H groups in total. The van der Waals surface area contributed by atoms with E-state index in [1.807, 2.05) is 24.5 Å². The molecule has 0 amide bonds. The standard InChI is InChI=1S/C20H27N5/c1-14(2)18-13-24(3)11-12-25(18)20-16-5-4-6-17(16)22-19(23-20)15-7-9-21-10-8-15/h7-10,14,18H,4-6,11-13H2,1-3H3. The van der Waals surface area contributed by atoms with Crippen molar-refractivity contribution in [2.24, 2.45) is 5.92 Å². The predicted molar refractivity (Wildman–Crippen MR) is 101 cm³/mol. The maximum absolute atomic E-state index is 5.06. The first-order valence-corrected chi connectivity index (χ1v) is 9.39. The first-order valence-electron chi connectivity index (χ1n) is 9.39. The molecule has 1 aliphatic carbocycles. The third kappa shape index (κ3) is 3.13. The molecule has 2 aliphatic rings. The summed E-state index contributed by atoms with van der Waals surface area (Å²) in [4.78, 5) is 19.1. The average Bonchev–Trinajstić information content (AvgIpc) is 3.10. The smallest absolute Gasteiger partial charge is 0.161 e. The maximum atomic E-state index is 5.06. The molecule has 132 valence electrons. The van der Waals surface area contributed by atoms with Gasteiger partial charge in [-0.05, 0) is 44.4 Å². The van der Waals surface area contributed by atoms with Gasteiger partial charge in [-0.15, -0.1) is 0 Å². The fourth-order valence-electron chi connectivity index (χ4n) is 4.07. The Labute approximate surface area is 150 Å². The van der Waals surface area contributed by atoms with E-state index in [0.717, 1.165) is 43.9 Å². The van der Waals surface area contributed by atoms with Crippen molar-refractivity contribution in [3.8, 4) is 11.4 Å². The van der Waals surface area contributed by atoms with Crippen molar-refractivity contribution >= 4 is 5.82 Å². The molecule has 2 aromatic heterocycles. The Hall–Kier alpha value is -2.01. The molecule has 0 radical (unpaired) electrons. The minimum Gasteiger partial charge on any atom is -0.350 e. The van der Waals surface area contributed by atoms with Crippen molar-refractivity contribution in [1.82, 2.24) is 19.9 Å². The van der Waals surface area contributed by atoms with Gasteiger partial charge < -0.3 is 9.80 Å². The normalized spacial score (nSPS) is 21.0. The lowest BCUT2D eigenvalue weighted by Gasteiger charge is -2.43. The van der Waals surface area contributed by atoms with E-state index in [9.17, 15) is 0 Å². The van der Waals surface area contributed by atoms with Crippen molar-refractivity contribution in [2.75, 3.05) is 31.6 Å². The third-order valence-electron chi connectivity index (χ3n) is 5.51. The fourth-order valence-corrected chi connectivity index (χ4v) is 4.07. The van der Waals surface area contributed by atoms with Crippen molar-refractivity contribution < 1.29 is 0 Å². The molecule has 0 aromatic carbocycles. The number of hydrogen-bond acceptors (Lipinski definition) is 5. The lowest BCUT2D eigenvalue weighted by molar-refractivity contribution is 0.235. The molecule has 4 rings (SSSR count). The molecule has 1 unspecified atom stereocenters. The molecule has 1 fully saturated rings. The highest BCUT2D eigenvalue weighted by Crippen LogP contribution is 2.34. The number of fused-ring (bicyclic) bond motifs is 1. The molecule has 1 saturated heterocycles. The summed E-state index contributed by atoms with van der Waals surface area (Å²) in [5.74, 6) is 2.62. The lowest BCUT2D eigenvalue weighted by atomic mass is 9.99. The van der Waals surface area contributed by atoms with E-state index in [0.29, 0.717) is 12.0 Å². The van der Waals surface area contributed by atoms with E-state index in [4.69, 9.17) is 9.97 Å². The number of rotatable bonds is 3. The summed E-state index contributed by atoms with van der Waals surface area (Å²) >= 11 is 0. The van der Waals surface area contributed by atoms with Crippen LogP contribution in [0.5, 0.6) is 0 Å². The quantitative estimate of drug-likeness (QED) is 0.862. The van der Waals surface area contributed by atoms with Crippen LogP contribution < -0.4 is 4.90 Å². The van der Waals surface area contributed by atoms with Crippen molar-refractivity contribution in [3.05, 3.63) is 35.8 Å². The molecule has 0 bridgehead atoms. The zero-order chi connectivity index (χ0) is 17.4. The first kappa shape index (κ1) is 16.5. The summed E-state index contributed by atoms with van der Waals surface area (Å²) in [6.07, 6.45) is 7.01. The number of likely N-dealkylation sites (N-methyl/N-ethyl adjacent to an activating group) is 1. The number of piperazine rings is 1. The summed E-state index contributed by atoms with van der Waals surface area (Å²) in [5, 5.41) is 0. The second-order valence-corrected chi connectivity index (χ2v) is 7.65. The Balaban J connectivity index is 1.79. The van der Waals surface area contributed by atoms with Crippen LogP contribution >= 0.6 is 0 Å². The summed E-state index contributed by atoms with van der Waals surface area (Å²) in [6.45, 7) is 7.87. The van der Waals surface area contributed by atoms with Crippen LogP contribution in [0.25, 0.3) is 11.4 Å². The topological polar surface area (TPSA) is 45.2 Å². The summed E-state index contributed by atoms with van der Waals surface area (Å²) in [6, 6.07) is 4.51. The Morgan fingerprint density at radius 1 is 1.08 bits per heavy atom. The SMILES string of the molecule is CC(C)C1CN(C)CCN1c1nc(-c2ccncc2)nc2c1CCC2. The molecule has 1 aliphatic heterocycles. The van der Waals surface area contributed by atoms with Gasteiger partial charge in [0.1, 0.15) is 5.82 Å². The molecule has 25 heavy (non-hydrogen) atoms. The summed E-state index contributed by atoms with van der Waals surface area (Å²) < 4.78 is 0. The zero-order valence-corrected chi connectivity index (χ0v) is 15.4. The Kier molecular flexibility index (Phi) is 4.42. The van der Waals surface area contributed by atoms with Crippen LogP contribution in [-0.4, -0.2) is 52.6 Å². The maximum Gasteiger partial charge on any atom is 0.161 e. The van der Waals surface area contributed by atoms with Gasteiger partial charge >= 0.3 is 0 Å². The van der Waals surface area contributed by atoms with Gasteiger partial charge in [-0.3, -0.25) is 4.98 Å². The molecule has 0 saturated carbocycles. The number of nitrogens with zero attached hydrogens (tertiary/aromatic N) is 5. The van der Waals surface area contributed by atoms with Crippen LogP contribution in [0.2, 0.25) is 0 Å². The second-order valence-electron chi connectivity index (χ2n) is 7.65. The number of aromatic nitrogens is 3. The van der Waals surface area contributed by atoms with Crippen LogP contribution in [0.3, 0.4) is 0 Å². The number of hydrogen-bond donors (Lipinski definition) is 0. The summed E-state index contributed by atoms with van der Waals surface area (Å²) in [7, 11) is 2.22. The second kappa shape index (κ2) is 6.71. The molecular formula is C20H27N5. The van der Waals surface area contributed by atoms with Crippen LogP contribution in [0, 0.1) is 5.92 Å². The zero-order valence-electron chi connectivity index (χ0n) is 15.4. The number of aryl methyl sites for hydroxylation is 1. The van der Waals surface area contributed by atoms with Crippen molar-refractivity contribution in [3.63, 3.8) is 0 Å². The van der Waals surface area contributed by atoms with Gasteiger partial charge in [0.2, 0.25) is 0 Å². The van der Waals surface area contributed by atoms with E-state index in [1.165, 1.54) is 23.5 Å². The van der Waals surface area contributed by atoms with Crippen LogP contribution in [-0.2, 0) is 12.8 Å². The molecule has 5 heteroatoms. The van der Waals surface area contributed by atoms with Crippen molar-refractivity contribution in [1.29, 1.82) is 0 Å². The lowest BCUT2D eigenvalue weighted by Crippen LogP contribution is -2.54. The summed E-state index contributed by atoms with van der Waals surface area (Å²) in [5.41, 5.74) is 3.69. The van der Waals surface area contributed by atoms with Gasteiger partial charge in [0, 0.05) is 54.9 Å². The Bertz CT molecular complexity index is 743. The van der Waals surface area contributed by atoms with E-state index in [2.05, 4.69) is 35.7 Å². The first-order chi connectivity index (χ1) is 12.1. The van der Waals surface area contributed by atoms with E-state index >= 15 is 0 Å². The Morgan fingerprint density at radius 2 is 1.88 bits per heavy atom. The van der Waals surface area contributed by atoms with E-state index < -0.39 is 0 Å².